The first-order chi connectivity index (χ1) is 8.33. The van der Waals surface area contributed by atoms with Crippen LogP contribution in [0.5, 0.6) is 0 Å². The van der Waals surface area contributed by atoms with Gasteiger partial charge in [-0.25, -0.2) is 0 Å². The summed E-state index contributed by atoms with van der Waals surface area (Å²) in [5, 5.41) is 3.62. The maximum atomic E-state index is 3.62. The number of likely N-dealkylation sites (N-methyl/N-ethyl adjacent to an activating group) is 1. The molecule has 2 fully saturated rings. The molecule has 3 heteroatoms. The van der Waals surface area contributed by atoms with Crippen LogP contribution >= 0.6 is 0 Å². The lowest BCUT2D eigenvalue weighted by Gasteiger charge is -2.36. The van der Waals surface area contributed by atoms with Crippen molar-refractivity contribution in [2.75, 3.05) is 39.3 Å². The van der Waals surface area contributed by atoms with Crippen molar-refractivity contribution >= 4 is 0 Å². The molecule has 0 amide bonds. The van der Waals surface area contributed by atoms with Gasteiger partial charge >= 0.3 is 0 Å². The van der Waals surface area contributed by atoms with Crippen molar-refractivity contribution in [2.45, 2.75) is 51.6 Å². The molecule has 2 rings (SSSR count). The smallest absolute Gasteiger partial charge is 0.0194 e. The minimum Gasteiger partial charge on any atom is -0.313 e. The van der Waals surface area contributed by atoms with Crippen LogP contribution in [0.1, 0.15) is 39.5 Å². The molecule has 1 aliphatic heterocycles. The van der Waals surface area contributed by atoms with E-state index in [-0.39, 0.29) is 0 Å². The SMILES string of the molecule is CCCC(CN1CCN(C2CC2)CC1)NCC. The van der Waals surface area contributed by atoms with E-state index in [0.717, 1.165) is 12.6 Å². The zero-order chi connectivity index (χ0) is 12.1. The Hall–Kier alpha value is -0.120. The van der Waals surface area contributed by atoms with Gasteiger partial charge in [0, 0.05) is 44.8 Å². The van der Waals surface area contributed by atoms with E-state index < -0.39 is 0 Å². The van der Waals surface area contributed by atoms with E-state index in [9.17, 15) is 0 Å². The van der Waals surface area contributed by atoms with Crippen LogP contribution in [0.2, 0.25) is 0 Å². The van der Waals surface area contributed by atoms with E-state index in [1.54, 1.807) is 0 Å². The molecule has 17 heavy (non-hydrogen) atoms. The van der Waals surface area contributed by atoms with Gasteiger partial charge in [-0.1, -0.05) is 20.3 Å². The number of piperazine rings is 1. The third-order valence-corrected chi connectivity index (χ3v) is 4.08. The van der Waals surface area contributed by atoms with Crippen molar-refractivity contribution in [1.82, 2.24) is 15.1 Å². The minimum atomic E-state index is 0.706. The molecule has 0 spiro atoms. The first-order valence-corrected chi connectivity index (χ1v) is 7.53. The van der Waals surface area contributed by atoms with Crippen LogP contribution < -0.4 is 5.32 Å². The number of rotatable bonds is 7. The second kappa shape index (κ2) is 6.72. The van der Waals surface area contributed by atoms with Crippen LogP contribution in [0.15, 0.2) is 0 Å². The van der Waals surface area contributed by atoms with Crippen molar-refractivity contribution < 1.29 is 0 Å². The van der Waals surface area contributed by atoms with Gasteiger partial charge in [0.1, 0.15) is 0 Å². The highest BCUT2D eigenvalue weighted by atomic mass is 15.3. The summed E-state index contributed by atoms with van der Waals surface area (Å²) in [6.07, 6.45) is 5.52. The molecule has 0 aromatic rings. The van der Waals surface area contributed by atoms with Gasteiger partial charge in [-0.15, -0.1) is 0 Å². The quantitative estimate of drug-likeness (QED) is 0.727. The van der Waals surface area contributed by atoms with Crippen molar-refractivity contribution in [3.63, 3.8) is 0 Å². The molecule has 0 radical (unpaired) electrons. The minimum absolute atomic E-state index is 0.706. The number of hydrogen-bond acceptors (Lipinski definition) is 3. The largest absolute Gasteiger partial charge is 0.313 e. The van der Waals surface area contributed by atoms with Gasteiger partial charge in [0.15, 0.2) is 0 Å². The van der Waals surface area contributed by atoms with E-state index in [2.05, 4.69) is 29.0 Å². The molecule has 1 saturated carbocycles. The van der Waals surface area contributed by atoms with Crippen LogP contribution in [0, 0.1) is 0 Å². The normalized spacial score (nSPS) is 25.1. The molecular formula is C14H29N3. The van der Waals surface area contributed by atoms with E-state index in [0.29, 0.717) is 6.04 Å². The molecular weight excluding hydrogens is 210 g/mol. The first-order valence-electron chi connectivity index (χ1n) is 7.53. The molecule has 0 aromatic carbocycles. The van der Waals surface area contributed by atoms with Crippen LogP contribution in [0.3, 0.4) is 0 Å². The Labute approximate surface area is 107 Å². The summed E-state index contributed by atoms with van der Waals surface area (Å²) in [6.45, 7) is 12.0. The Kier molecular flexibility index (Phi) is 5.26. The molecule has 1 aliphatic carbocycles. The van der Waals surface area contributed by atoms with Crippen LogP contribution in [0.25, 0.3) is 0 Å². The van der Waals surface area contributed by atoms with Crippen LogP contribution in [-0.4, -0.2) is 61.2 Å². The third-order valence-electron chi connectivity index (χ3n) is 4.08. The van der Waals surface area contributed by atoms with Gasteiger partial charge in [0.05, 0.1) is 0 Å². The highest BCUT2D eigenvalue weighted by molar-refractivity contribution is 4.88. The van der Waals surface area contributed by atoms with E-state index in [4.69, 9.17) is 0 Å². The van der Waals surface area contributed by atoms with Crippen molar-refractivity contribution in [3.8, 4) is 0 Å². The van der Waals surface area contributed by atoms with Gasteiger partial charge in [-0.2, -0.15) is 0 Å². The monoisotopic (exact) mass is 239 g/mol. The summed E-state index contributed by atoms with van der Waals surface area (Å²) in [4.78, 5) is 5.35. The highest BCUT2D eigenvalue weighted by Gasteiger charge is 2.31. The fourth-order valence-electron chi connectivity index (χ4n) is 2.96. The molecule has 100 valence electrons. The lowest BCUT2D eigenvalue weighted by molar-refractivity contribution is 0.116. The fourth-order valence-corrected chi connectivity index (χ4v) is 2.96. The predicted molar refractivity (Wildman–Crippen MR) is 73.4 cm³/mol. The summed E-state index contributed by atoms with van der Waals surface area (Å²) in [7, 11) is 0. The lowest BCUT2D eigenvalue weighted by Crippen LogP contribution is -2.51. The Morgan fingerprint density at radius 1 is 1.12 bits per heavy atom. The Morgan fingerprint density at radius 3 is 2.35 bits per heavy atom. The van der Waals surface area contributed by atoms with Gasteiger partial charge < -0.3 is 5.32 Å². The summed E-state index contributed by atoms with van der Waals surface area (Å²) in [5.41, 5.74) is 0. The van der Waals surface area contributed by atoms with Crippen molar-refractivity contribution in [3.05, 3.63) is 0 Å². The van der Waals surface area contributed by atoms with E-state index >= 15 is 0 Å². The zero-order valence-corrected chi connectivity index (χ0v) is 11.6. The lowest BCUT2D eigenvalue weighted by atomic mass is 10.1. The maximum absolute atomic E-state index is 3.62. The van der Waals surface area contributed by atoms with Crippen molar-refractivity contribution in [1.29, 1.82) is 0 Å². The Bertz CT molecular complexity index is 202. The molecule has 1 saturated heterocycles. The second-order valence-corrected chi connectivity index (χ2v) is 5.61. The predicted octanol–water partition coefficient (Wildman–Crippen LogP) is 1.54. The maximum Gasteiger partial charge on any atom is 0.0194 e. The van der Waals surface area contributed by atoms with Crippen molar-refractivity contribution in [2.24, 2.45) is 0 Å². The zero-order valence-electron chi connectivity index (χ0n) is 11.6. The molecule has 1 atom stereocenters. The molecule has 2 aliphatic rings. The molecule has 0 bridgehead atoms. The second-order valence-electron chi connectivity index (χ2n) is 5.61. The topological polar surface area (TPSA) is 18.5 Å². The fraction of sp³-hybridized carbons (Fsp3) is 1.00. The third kappa shape index (κ3) is 4.23. The van der Waals surface area contributed by atoms with Gasteiger partial charge in [-0.3, -0.25) is 9.80 Å². The molecule has 0 aromatic heterocycles. The Morgan fingerprint density at radius 2 is 1.82 bits per heavy atom. The average molecular weight is 239 g/mol. The number of nitrogens with one attached hydrogen (secondary N) is 1. The molecule has 1 unspecified atom stereocenters. The van der Waals surface area contributed by atoms with Gasteiger partial charge in [0.25, 0.3) is 0 Å². The summed E-state index contributed by atoms with van der Waals surface area (Å²) >= 11 is 0. The first kappa shape index (κ1) is 13.3. The summed E-state index contributed by atoms with van der Waals surface area (Å²) in [6, 6.07) is 1.66. The highest BCUT2D eigenvalue weighted by Crippen LogP contribution is 2.27. The molecule has 1 heterocycles. The standard InChI is InChI=1S/C14H29N3/c1-3-5-13(15-4-2)12-16-8-10-17(11-9-16)14-6-7-14/h13-15H,3-12H2,1-2H3. The number of hydrogen-bond donors (Lipinski definition) is 1. The summed E-state index contributed by atoms with van der Waals surface area (Å²) in [5.74, 6) is 0. The summed E-state index contributed by atoms with van der Waals surface area (Å²) < 4.78 is 0. The van der Waals surface area contributed by atoms with Crippen LogP contribution in [0.4, 0.5) is 0 Å². The van der Waals surface area contributed by atoms with Crippen LogP contribution in [-0.2, 0) is 0 Å². The molecule has 3 nitrogen and oxygen atoms in total. The number of nitrogens with zero attached hydrogens (tertiary/aromatic N) is 2. The Balaban J connectivity index is 1.67. The molecule has 1 N–H and O–H groups in total. The van der Waals surface area contributed by atoms with Gasteiger partial charge in [0.2, 0.25) is 0 Å². The van der Waals surface area contributed by atoms with E-state index in [1.807, 2.05) is 0 Å². The van der Waals surface area contributed by atoms with E-state index in [1.165, 1.54) is 58.4 Å². The average Bonchev–Trinajstić information content (AvgIpc) is 3.15. The van der Waals surface area contributed by atoms with Gasteiger partial charge in [-0.05, 0) is 25.8 Å².